The Morgan fingerprint density at radius 1 is 1.86 bits per heavy atom. The van der Waals surface area contributed by atoms with E-state index in [4.69, 9.17) is 5.11 Å². The van der Waals surface area contributed by atoms with Crippen molar-refractivity contribution in [3.63, 3.8) is 0 Å². The van der Waals surface area contributed by atoms with Crippen LogP contribution in [0.1, 0.15) is 6.92 Å². The Balaban J connectivity index is 3.68. The molecule has 0 aromatic heterocycles. The van der Waals surface area contributed by atoms with Gasteiger partial charge in [-0.3, -0.25) is 4.79 Å². The van der Waals surface area contributed by atoms with E-state index in [2.05, 4.69) is 5.73 Å². The smallest absolute Gasteiger partial charge is 0.244 e. The van der Waals surface area contributed by atoms with Gasteiger partial charge in [0, 0.05) is 6.08 Å². The van der Waals surface area contributed by atoms with Gasteiger partial charge in [0.25, 0.3) is 0 Å². The number of nitrogens with two attached hydrogens (primary N) is 1. The van der Waals surface area contributed by atoms with Crippen LogP contribution in [0.15, 0.2) is 11.8 Å². The van der Waals surface area contributed by atoms with Gasteiger partial charge in [-0.2, -0.15) is 0 Å². The predicted octanol–water partition coefficient (Wildman–Crippen LogP) is -0.0665. The molecule has 0 heterocycles. The fourth-order valence-electron chi connectivity index (χ4n) is 0.206. The van der Waals surface area contributed by atoms with E-state index in [1.165, 1.54) is 6.92 Å². The van der Waals surface area contributed by atoms with Gasteiger partial charge in [-0.15, -0.1) is 0 Å². The van der Waals surface area contributed by atoms with Gasteiger partial charge >= 0.3 is 0 Å². The molecule has 0 aliphatic rings. The van der Waals surface area contributed by atoms with E-state index in [0.717, 1.165) is 6.08 Å². The van der Waals surface area contributed by atoms with E-state index in [0.29, 0.717) is 0 Å². The molecule has 40 valence electrons. The molecule has 0 aliphatic heterocycles. The summed E-state index contributed by atoms with van der Waals surface area (Å²) >= 11 is 0. The predicted molar refractivity (Wildman–Crippen MR) is 25.6 cm³/mol. The van der Waals surface area contributed by atoms with E-state index >= 15 is 0 Å². The third-order valence-corrected chi connectivity index (χ3v) is 0.351. The van der Waals surface area contributed by atoms with Gasteiger partial charge in [0.1, 0.15) is 0 Å². The molecular formula is C4H7NO2. The van der Waals surface area contributed by atoms with Crippen molar-refractivity contribution in [2.45, 2.75) is 6.92 Å². The van der Waals surface area contributed by atoms with Gasteiger partial charge in [0.2, 0.25) is 5.91 Å². The van der Waals surface area contributed by atoms with Crippen molar-refractivity contribution in [2.24, 2.45) is 5.73 Å². The Labute approximate surface area is 41.4 Å². The summed E-state index contributed by atoms with van der Waals surface area (Å²) in [5.74, 6) is -0.687. The third kappa shape index (κ3) is 5.01. The van der Waals surface area contributed by atoms with Gasteiger partial charge in [0.05, 0.1) is 5.76 Å². The number of hydrogen-bond acceptors (Lipinski definition) is 2. The molecule has 0 fully saturated rings. The molecule has 7 heavy (non-hydrogen) atoms. The Hall–Kier alpha value is -0.990. The highest BCUT2D eigenvalue weighted by atomic mass is 16.3. The van der Waals surface area contributed by atoms with Crippen LogP contribution >= 0.6 is 0 Å². The topological polar surface area (TPSA) is 63.3 Å². The summed E-state index contributed by atoms with van der Waals surface area (Å²) < 4.78 is 0. The number of rotatable bonds is 1. The van der Waals surface area contributed by atoms with Crippen molar-refractivity contribution in [3.05, 3.63) is 11.8 Å². The van der Waals surface area contributed by atoms with Crippen LogP contribution in [0.2, 0.25) is 0 Å². The van der Waals surface area contributed by atoms with E-state index in [-0.39, 0.29) is 5.76 Å². The maximum Gasteiger partial charge on any atom is 0.244 e. The second-order valence-corrected chi connectivity index (χ2v) is 1.19. The maximum absolute atomic E-state index is 9.80. The standard InChI is InChI=1S/C4H7NO2/c1-3(6)2-4(5)7/h2,6H,1H3,(H2,5,7). The second kappa shape index (κ2) is 2.23. The monoisotopic (exact) mass is 101 g/mol. The second-order valence-electron chi connectivity index (χ2n) is 1.19. The van der Waals surface area contributed by atoms with E-state index < -0.39 is 5.91 Å². The number of amides is 1. The lowest BCUT2D eigenvalue weighted by atomic mass is 10.5. The number of aliphatic hydroxyl groups is 1. The fraction of sp³-hybridized carbons (Fsp3) is 0.250. The summed E-state index contributed by atoms with van der Waals surface area (Å²) in [5.41, 5.74) is 4.62. The number of allylic oxidation sites excluding steroid dienone is 1. The molecule has 0 saturated heterocycles. The fourth-order valence-corrected chi connectivity index (χ4v) is 0.206. The molecular weight excluding hydrogens is 94.0 g/mol. The number of primary amides is 1. The molecule has 0 rings (SSSR count). The van der Waals surface area contributed by atoms with Crippen LogP contribution in [0.5, 0.6) is 0 Å². The van der Waals surface area contributed by atoms with E-state index in [9.17, 15) is 4.79 Å². The Bertz CT molecular complexity index is 102. The molecule has 0 spiro atoms. The normalized spacial score (nSPS) is 11.3. The lowest BCUT2D eigenvalue weighted by Gasteiger charge is -1.80. The van der Waals surface area contributed by atoms with Crippen molar-refractivity contribution in [2.75, 3.05) is 0 Å². The molecule has 0 radical (unpaired) electrons. The van der Waals surface area contributed by atoms with Gasteiger partial charge in [0.15, 0.2) is 0 Å². The van der Waals surface area contributed by atoms with Crippen molar-refractivity contribution in [1.29, 1.82) is 0 Å². The average molecular weight is 101 g/mol. The Morgan fingerprint density at radius 3 is 2.29 bits per heavy atom. The lowest BCUT2D eigenvalue weighted by molar-refractivity contribution is -0.113. The van der Waals surface area contributed by atoms with Crippen LogP contribution in [0, 0.1) is 0 Å². The van der Waals surface area contributed by atoms with E-state index in [1.54, 1.807) is 0 Å². The molecule has 3 nitrogen and oxygen atoms in total. The molecule has 0 saturated carbocycles. The molecule has 0 atom stereocenters. The summed E-state index contributed by atoms with van der Waals surface area (Å²) in [5, 5.41) is 8.28. The molecule has 0 aromatic rings. The summed E-state index contributed by atoms with van der Waals surface area (Å²) in [6, 6.07) is 0. The van der Waals surface area contributed by atoms with Crippen molar-refractivity contribution in [1.82, 2.24) is 0 Å². The zero-order valence-electron chi connectivity index (χ0n) is 4.01. The van der Waals surface area contributed by atoms with E-state index in [1.807, 2.05) is 0 Å². The largest absolute Gasteiger partial charge is 0.512 e. The molecule has 3 heteroatoms. The Morgan fingerprint density at radius 2 is 2.29 bits per heavy atom. The first kappa shape index (κ1) is 6.01. The molecule has 0 unspecified atom stereocenters. The molecule has 0 aromatic carbocycles. The first-order valence-electron chi connectivity index (χ1n) is 1.79. The number of carbonyl (C=O) groups is 1. The first-order valence-corrected chi connectivity index (χ1v) is 1.79. The highest BCUT2D eigenvalue weighted by molar-refractivity contribution is 5.85. The number of hydrogen-bond donors (Lipinski definition) is 2. The van der Waals surface area contributed by atoms with Crippen LogP contribution in [0.3, 0.4) is 0 Å². The summed E-state index contributed by atoms with van der Waals surface area (Å²) in [6.45, 7) is 1.38. The van der Waals surface area contributed by atoms with Crippen molar-refractivity contribution in [3.8, 4) is 0 Å². The van der Waals surface area contributed by atoms with Crippen LogP contribution < -0.4 is 5.73 Å². The zero-order valence-corrected chi connectivity index (χ0v) is 4.01. The van der Waals surface area contributed by atoms with Crippen molar-refractivity contribution >= 4 is 5.91 Å². The summed E-state index contributed by atoms with van der Waals surface area (Å²) in [6.07, 6.45) is 0.944. The third-order valence-electron chi connectivity index (χ3n) is 0.351. The van der Waals surface area contributed by atoms with Gasteiger partial charge in [-0.1, -0.05) is 0 Å². The van der Waals surface area contributed by atoms with Gasteiger partial charge < -0.3 is 10.8 Å². The summed E-state index contributed by atoms with van der Waals surface area (Å²) in [7, 11) is 0. The maximum atomic E-state index is 9.80. The Kier molecular flexibility index (Phi) is 1.91. The van der Waals surface area contributed by atoms with Crippen LogP contribution in [0.25, 0.3) is 0 Å². The van der Waals surface area contributed by atoms with Gasteiger partial charge in [-0.05, 0) is 6.92 Å². The quantitative estimate of drug-likeness (QED) is 0.359. The number of aliphatic hydroxyl groups excluding tert-OH is 1. The van der Waals surface area contributed by atoms with Gasteiger partial charge in [-0.25, -0.2) is 0 Å². The molecule has 0 bridgehead atoms. The minimum Gasteiger partial charge on any atom is -0.512 e. The van der Waals surface area contributed by atoms with Crippen LogP contribution in [-0.4, -0.2) is 11.0 Å². The lowest BCUT2D eigenvalue weighted by Crippen LogP contribution is -2.06. The minimum absolute atomic E-state index is 0.0625. The highest BCUT2D eigenvalue weighted by Gasteiger charge is 1.83. The minimum atomic E-state index is -0.625. The first-order chi connectivity index (χ1) is 3.13. The van der Waals surface area contributed by atoms with Crippen LogP contribution in [0.4, 0.5) is 0 Å². The number of carbonyl (C=O) groups excluding carboxylic acids is 1. The zero-order chi connectivity index (χ0) is 5.86. The molecule has 3 N–H and O–H groups in total. The SMILES string of the molecule is CC(O)=CC(N)=O. The van der Waals surface area contributed by atoms with Crippen LogP contribution in [-0.2, 0) is 4.79 Å². The van der Waals surface area contributed by atoms with Crippen molar-refractivity contribution < 1.29 is 9.90 Å². The molecule has 1 amide bonds. The average Bonchev–Trinajstić information content (AvgIpc) is 1.27. The highest BCUT2D eigenvalue weighted by Crippen LogP contribution is 1.79. The summed E-state index contributed by atoms with van der Waals surface area (Å²) in [4.78, 5) is 9.80. The molecule has 0 aliphatic carbocycles.